The number of nitro benzene ring substituents is 1. The van der Waals surface area contributed by atoms with E-state index < -0.39 is 4.92 Å². The Morgan fingerprint density at radius 3 is 2.13 bits per heavy atom. The Morgan fingerprint density at radius 2 is 1.61 bits per heavy atom. The number of hydrogen-bond acceptors (Lipinski definition) is 4. The fourth-order valence-corrected chi connectivity index (χ4v) is 4.30. The molecule has 0 spiro atoms. The van der Waals surface area contributed by atoms with E-state index in [1.165, 1.54) is 49.9 Å². The van der Waals surface area contributed by atoms with Crippen molar-refractivity contribution >= 4 is 11.6 Å². The zero-order valence-corrected chi connectivity index (χ0v) is 13.0. The van der Waals surface area contributed by atoms with Gasteiger partial charge in [-0.05, 0) is 50.7 Å². The second-order valence-corrected chi connectivity index (χ2v) is 7.01. The third-order valence-electron chi connectivity index (χ3n) is 5.43. The summed E-state index contributed by atoms with van der Waals surface area (Å²) in [5.74, 6) is -0.121. The molecule has 1 aromatic carbocycles. The molecule has 1 aliphatic carbocycles. The van der Waals surface area contributed by atoms with E-state index >= 15 is 0 Å². The molecule has 2 saturated heterocycles. The molecule has 3 aliphatic rings. The minimum absolute atomic E-state index is 0.0114. The van der Waals surface area contributed by atoms with Crippen molar-refractivity contribution in [1.29, 1.82) is 0 Å². The zero-order valence-electron chi connectivity index (χ0n) is 13.0. The SMILES string of the molecule is O=C(NC1C[C@@H]2CC[C@@H](C1)N2C1CC1)c1ccc([N+](=O)[O-])cc1. The maximum atomic E-state index is 12.4. The topological polar surface area (TPSA) is 75.5 Å². The number of amides is 1. The molecular weight excluding hydrogens is 294 g/mol. The molecule has 122 valence electrons. The van der Waals surface area contributed by atoms with Crippen LogP contribution >= 0.6 is 0 Å². The number of carbonyl (C=O) groups is 1. The van der Waals surface area contributed by atoms with Gasteiger partial charge in [0.25, 0.3) is 11.6 Å². The van der Waals surface area contributed by atoms with E-state index in [2.05, 4.69) is 10.2 Å². The molecule has 0 radical (unpaired) electrons. The number of nitrogens with one attached hydrogen (secondary N) is 1. The number of carbonyl (C=O) groups excluding carboxylic acids is 1. The maximum Gasteiger partial charge on any atom is 0.269 e. The quantitative estimate of drug-likeness (QED) is 0.684. The van der Waals surface area contributed by atoms with Crippen LogP contribution in [-0.2, 0) is 0 Å². The number of nitro groups is 1. The zero-order chi connectivity index (χ0) is 16.0. The van der Waals surface area contributed by atoms with Gasteiger partial charge in [-0.1, -0.05) is 0 Å². The first-order valence-corrected chi connectivity index (χ1v) is 8.44. The molecule has 2 atom stereocenters. The van der Waals surface area contributed by atoms with Crippen molar-refractivity contribution in [2.75, 3.05) is 0 Å². The molecule has 3 fully saturated rings. The molecule has 1 saturated carbocycles. The number of fused-ring (bicyclic) bond motifs is 2. The maximum absolute atomic E-state index is 12.4. The Hall–Kier alpha value is -1.95. The number of nitrogens with zero attached hydrogens (tertiary/aromatic N) is 2. The van der Waals surface area contributed by atoms with Crippen LogP contribution in [0.3, 0.4) is 0 Å². The lowest BCUT2D eigenvalue weighted by Crippen LogP contribution is -2.51. The third-order valence-corrected chi connectivity index (χ3v) is 5.43. The second-order valence-electron chi connectivity index (χ2n) is 7.01. The van der Waals surface area contributed by atoms with Crippen LogP contribution in [0.1, 0.15) is 48.9 Å². The van der Waals surface area contributed by atoms with Crippen molar-refractivity contribution in [2.45, 2.75) is 62.7 Å². The Bertz CT molecular complexity index is 612. The number of benzene rings is 1. The summed E-state index contributed by atoms with van der Waals surface area (Å²) in [4.78, 5) is 25.3. The predicted octanol–water partition coefficient (Wildman–Crippen LogP) is 2.48. The summed E-state index contributed by atoms with van der Waals surface area (Å²) >= 11 is 0. The van der Waals surface area contributed by atoms with Crippen molar-refractivity contribution in [3.63, 3.8) is 0 Å². The Morgan fingerprint density at radius 1 is 1.04 bits per heavy atom. The third kappa shape index (κ3) is 2.83. The summed E-state index contributed by atoms with van der Waals surface area (Å²) in [6.45, 7) is 0. The van der Waals surface area contributed by atoms with E-state index in [9.17, 15) is 14.9 Å². The smallest absolute Gasteiger partial charge is 0.269 e. The van der Waals surface area contributed by atoms with E-state index in [1.54, 1.807) is 0 Å². The molecule has 6 nitrogen and oxygen atoms in total. The normalized spacial score (nSPS) is 30.2. The highest BCUT2D eigenvalue weighted by Gasteiger charge is 2.47. The number of piperidine rings is 1. The average Bonchev–Trinajstić information content (AvgIpc) is 3.34. The first kappa shape index (κ1) is 14.6. The number of hydrogen-bond donors (Lipinski definition) is 1. The van der Waals surface area contributed by atoms with Gasteiger partial charge in [0.2, 0.25) is 0 Å². The lowest BCUT2D eigenvalue weighted by atomic mass is 9.96. The summed E-state index contributed by atoms with van der Waals surface area (Å²) in [6.07, 6.45) is 7.26. The van der Waals surface area contributed by atoms with Crippen LogP contribution in [0.25, 0.3) is 0 Å². The average molecular weight is 315 g/mol. The van der Waals surface area contributed by atoms with Gasteiger partial charge in [0, 0.05) is 41.9 Å². The fourth-order valence-electron chi connectivity index (χ4n) is 4.30. The molecule has 2 aliphatic heterocycles. The van der Waals surface area contributed by atoms with Crippen molar-refractivity contribution < 1.29 is 9.72 Å². The van der Waals surface area contributed by atoms with Gasteiger partial charge in [-0.25, -0.2) is 0 Å². The Labute approximate surface area is 135 Å². The van der Waals surface area contributed by atoms with E-state index in [1.807, 2.05) is 0 Å². The number of rotatable bonds is 4. The minimum atomic E-state index is -0.451. The van der Waals surface area contributed by atoms with Crippen molar-refractivity contribution in [3.8, 4) is 0 Å². The highest BCUT2D eigenvalue weighted by molar-refractivity contribution is 5.94. The van der Waals surface area contributed by atoms with Gasteiger partial charge in [0.15, 0.2) is 0 Å². The second kappa shape index (κ2) is 5.60. The van der Waals surface area contributed by atoms with Crippen molar-refractivity contribution in [3.05, 3.63) is 39.9 Å². The highest BCUT2D eigenvalue weighted by Crippen LogP contribution is 2.43. The van der Waals surface area contributed by atoms with E-state index in [4.69, 9.17) is 0 Å². The van der Waals surface area contributed by atoms with E-state index in [-0.39, 0.29) is 17.6 Å². The minimum Gasteiger partial charge on any atom is -0.349 e. The summed E-state index contributed by atoms with van der Waals surface area (Å²) in [7, 11) is 0. The van der Waals surface area contributed by atoms with Crippen molar-refractivity contribution in [1.82, 2.24) is 10.2 Å². The first-order chi connectivity index (χ1) is 11.1. The summed E-state index contributed by atoms with van der Waals surface area (Å²) < 4.78 is 0. The van der Waals surface area contributed by atoms with Crippen LogP contribution in [0.5, 0.6) is 0 Å². The van der Waals surface area contributed by atoms with Gasteiger partial charge >= 0.3 is 0 Å². The fraction of sp³-hybridized carbons (Fsp3) is 0.588. The monoisotopic (exact) mass is 315 g/mol. The van der Waals surface area contributed by atoms with Gasteiger partial charge in [0.05, 0.1) is 4.92 Å². The van der Waals surface area contributed by atoms with Gasteiger partial charge in [-0.15, -0.1) is 0 Å². The summed E-state index contributed by atoms with van der Waals surface area (Å²) in [5, 5.41) is 13.8. The number of non-ortho nitro benzene ring substituents is 1. The lowest BCUT2D eigenvalue weighted by Gasteiger charge is -2.39. The van der Waals surface area contributed by atoms with E-state index in [0.717, 1.165) is 18.9 Å². The Kier molecular flexibility index (Phi) is 3.56. The molecular formula is C17H21N3O3. The Balaban J connectivity index is 1.38. The molecule has 2 heterocycles. The molecule has 23 heavy (non-hydrogen) atoms. The lowest BCUT2D eigenvalue weighted by molar-refractivity contribution is -0.384. The van der Waals surface area contributed by atoms with Crippen LogP contribution in [0, 0.1) is 10.1 Å². The van der Waals surface area contributed by atoms with Crippen LogP contribution in [0.2, 0.25) is 0 Å². The first-order valence-electron chi connectivity index (χ1n) is 8.44. The van der Waals surface area contributed by atoms with Crippen LogP contribution in [0.4, 0.5) is 5.69 Å². The summed E-state index contributed by atoms with van der Waals surface area (Å²) in [6, 6.07) is 8.11. The molecule has 6 heteroatoms. The van der Waals surface area contributed by atoms with Gasteiger partial charge in [-0.3, -0.25) is 19.8 Å². The standard InChI is InChI=1S/C17H21N3O3/c21-17(11-1-3-14(4-2-11)20(22)23)18-12-9-15-7-8-16(10-12)19(15)13-5-6-13/h1-4,12-13,15-16H,5-10H2,(H,18,21)/t15-,16-/m0/s1. The van der Waals surface area contributed by atoms with E-state index in [0.29, 0.717) is 17.6 Å². The summed E-state index contributed by atoms with van der Waals surface area (Å²) in [5.41, 5.74) is 0.505. The van der Waals surface area contributed by atoms with Crippen LogP contribution in [-0.4, -0.2) is 39.9 Å². The van der Waals surface area contributed by atoms with Crippen LogP contribution in [0.15, 0.2) is 24.3 Å². The highest BCUT2D eigenvalue weighted by atomic mass is 16.6. The molecule has 2 bridgehead atoms. The molecule has 1 aromatic rings. The largest absolute Gasteiger partial charge is 0.349 e. The molecule has 0 aromatic heterocycles. The van der Waals surface area contributed by atoms with Gasteiger partial charge in [-0.2, -0.15) is 0 Å². The molecule has 1 amide bonds. The van der Waals surface area contributed by atoms with Gasteiger partial charge < -0.3 is 5.32 Å². The van der Waals surface area contributed by atoms with Crippen LogP contribution < -0.4 is 5.32 Å². The molecule has 1 N–H and O–H groups in total. The predicted molar refractivity (Wildman–Crippen MR) is 85.3 cm³/mol. The molecule has 0 unspecified atom stereocenters. The molecule has 4 rings (SSSR count). The van der Waals surface area contributed by atoms with Crippen molar-refractivity contribution in [2.24, 2.45) is 0 Å². The van der Waals surface area contributed by atoms with Gasteiger partial charge in [0.1, 0.15) is 0 Å².